The lowest BCUT2D eigenvalue weighted by Crippen LogP contribution is -2.26. The number of carbonyl (C=O) groups is 1. The van der Waals surface area contributed by atoms with Crippen LogP contribution in [0.3, 0.4) is 0 Å². The summed E-state index contributed by atoms with van der Waals surface area (Å²) in [6.45, 7) is 2.33. The normalized spacial score (nSPS) is 14.0. The molecule has 3 heterocycles. The van der Waals surface area contributed by atoms with Gasteiger partial charge in [-0.2, -0.15) is 16.4 Å². The second-order valence-electron chi connectivity index (χ2n) is 9.11. The number of phenolic OH excluding ortho intramolecular Hbond substituents is 1. The molecule has 36 heavy (non-hydrogen) atoms. The van der Waals surface area contributed by atoms with Gasteiger partial charge in [0.2, 0.25) is 5.82 Å². The summed E-state index contributed by atoms with van der Waals surface area (Å²) >= 11 is 1.65. The van der Waals surface area contributed by atoms with E-state index < -0.39 is 0 Å². The van der Waals surface area contributed by atoms with E-state index in [4.69, 9.17) is 0 Å². The molecule has 0 radical (unpaired) electrons. The zero-order chi connectivity index (χ0) is 24.6. The predicted molar refractivity (Wildman–Crippen MR) is 141 cm³/mol. The summed E-state index contributed by atoms with van der Waals surface area (Å²) < 4.78 is 1.71. The van der Waals surface area contributed by atoms with E-state index in [1.54, 1.807) is 22.0 Å². The van der Waals surface area contributed by atoms with E-state index >= 15 is 0 Å². The van der Waals surface area contributed by atoms with Gasteiger partial charge in [0.15, 0.2) is 5.82 Å². The molecule has 5 aromatic rings. The molecular weight excluding hydrogens is 472 g/mol. The molecule has 1 saturated carbocycles. The Morgan fingerprint density at radius 1 is 1.14 bits per heavy atom. The lowest BCUT2D eigenvalue weighted by atomic mass is 9.99. The maximum atomic E-state index is 12.9. The summed E-state index contributed by atoms with van der Waals surface area (Å²) in [5.74, 6) is 0.698. The third-order valence-corrected chi connectivity index (χ3v) is 7.56. The van der Waals surface area contributed by atoms with Crippen LogP contribution >= 0.6 is 11.3 Å². The van der Waals surface area contributed by atoms with Gasteiger partial charge in [0.25, 0.3) is 5.91 Å². The minimum Gasteiger partial charge on any atom is -0.507 e. The molecule has 0 spiro atoms. The monoisotopic (exact) mass is 498 g/mol. The number of phenols is 1. The Morgan fingerprint density at radius 3 is 2.67 bits per heavy atom. The number of benzene rings is 2. The number of fused-ring (bicyclic) bond motifs is 1. The molecule has 1 aliphatic rings. The van der Waals surface area contributed by atoms with E-state index in [9.17, 15) is 9.90 Å². The number of aromatic nitrogens is 5. The molecule has 9 heteroatoms. The first-order valence-electron chi connectivity index (χ1n) is 12.2. The summed E-state index contributed by atoms with van der Waals surface area (Å²) in [4.78, 5) is 12.9. The van der Waals surface area contributed by atoms with Crippen LogP contribution in [0.25, 0.3) is 39.1 Å². The first-order chi connectivity index (χ1) is 17.6. The van der Waals surface area contributed by atoms with Gasteiger partial charge in [0, 0.05) is 29.6 Å². The van der Waals surface area contributed by atoms with Gasteiger partial charge in [-0.15, -0.1) is 10.2 Å². The predicted octanol–water partition coefficient (Wildman–Crippen LogP) is 5.65. The number of aromatic hydroxyl groups is 1. The fourth-order valence-electron chi connectivity index (χ4n) is 5.08. The summed E-state index contributed by atoms with van der Waals surface area (Å²) in [5, 5.41) is 35.2. The van der Waals surface area contributed by atoms with Gasteiger partial charge in [-0.25, -0.2) is 0 Å². The van der Waals surface area contributed by atoms with Crippen molar-refractivity contribution in [1.82, 2.24) is 30.3 Å². The van der Waals surface area contributed by atoms with Crippen molar-refractivity contribution in [3.8, 4) is 34.0 Å². The van der Waals surface area contributed by atoms with E-state index in [1.165, 1.54) is 12.8 Å². The molecule has 0 unspecified atom stereocenters. The van der Waals surface area contributed by atoms with E-state index in [1.807, 2.05) is 42.6 Å². The summed E-state index contributed by atoms with van der Waals surface area (Å²) in [7, 11) is 0. The number of nitrogens with one attached hydrogen (secondary N) is 2. The van der Waals surface area contributed by atoms with E-state index in [-0.39, 0.29) is 17.5 Å². The molecule has 0 aliphatic heterocycles. The molecule has 6 rings (SSSR count). The van der Waals surface area contributed by atoms with Gasteiger partial charge in [-0.05, 0) is 65.9 Å². The molecule has 0 bridgehead atoms. The molecule has 1 fully saturated rings. The highest BCUT2D eigenvalue weighted by Crippen LogP contribution is 2.40. The Hall–Kier alpha value is -3.98. The standard InChI is InChI=1S/C27H26N6O2S/c1-2-28-27(35)26-32-31-25(33(26)19-9-7-16(8-10-19)18-11-12-36-15-18)21-13-20-22(14-23(21)34)29-30-24(20)17-5-3-4-6-17/h7-15,17,34H,2-6H2,1H3,(H,28,35)(H,29,30). The maximum absolute atomic E-state index is 12.9. The minimum absolute atomic E-state index is 0.0510. The van der Waals surface area contributed by atoms with E-state index in [2.05, 4.69) is 37.2 Å². The number of hydrogen-bond acceptors (Lipinski definition) is 6. The van der Waals surface area contributed by atoms with E-state index in [0.717, 1.165) is 46.3 Å². The highest BCUT2D eigenvalue weighted by Gasteiger charge is 2.26. The lowest BCUT2D eigenvalue weighted by Gasteiger charge is -2.13. The van der Waals surface area contributed by atoms with Crippen molar-refractivity contribution in [3.63, 3.8) is 0 Å². The zero-order valence-corrected chi connectivity index (χ0v) is 20.7. The third-order valence-electron chi connectivity index (χ3n) is 6.87. The number of nitrogens with zero attached hydrogens (tertiary/aromatic N) is 4. The van der Waals surface area contributed by atoms with Crippen LogP contribution in [0.5, 0.6) is 5.75 Å². The van der Waals surface area contributed by atoms with Crippen LogP contribution in [-0.2, 0) is 0 Å². The average Bonchev–Trinajstić information content (AvgIpc) is 3.70. The first kappa shape index (κ1) is 22.5. The second-order valence-corrected chi connectivity index (χ2v) is 9.89. The molecule has 8 nitrogen and oxygen atoms in total. The largest absolute Gasteiger partial charge is 0.507 e. The smallest absolute Gasteiger partial charge is 0.289 e. The number of carbonyl (C=O) groups excluding carboxylic acids is 1. The molecule has 182 valence electrons. The molecule has 1 amide bonds. The van der Waals surface area contributed by atoms with Crippen molar-refractivity contribution in [2.75, 3.05) is 6.54 Å². The van der Waals surface area contributed by atoms with Crippen LogP contribution in [0.4, 0.5) is 0 Å². The first-order valence-corrected chi connectivity index (χ1v) is 13.2. The van der Waals surface area contributed by atoms with Crippen molar-refractivity contribution >= 4 is 28.1 Å². The number of hydrogen-bond donors (Lipinski definition) is 3. The lowest BCUT2D eigenvalue weighted by molar-refractivity contribution is 0.0943. The molecular formula is C27H26N6O2S. The van der Waals surface area contributed by atoms with Crippen LogP contribution in [-0.4, -0.2) is 42.5 Å². The van der Waals surface area contributed by atoms with Gasteiger partial charge < -0.3 is 10.4 Å². The molecule has 0 saturated heterocycles. The van der Waals surface area contributed by atoms with Crippen molar-refractivity contribution in [2.24, 2.45) is 0 Å². The van der Waals surface area contributed by atoms with Crippen molar-refractivity contribution in [3.05, 3.63) is 64.7 Å². The van der Waals surface area contributed by atoms with Crippen LogP contribution in [0.1, 0.15) is 54.8 Å². The van der Waals surface area contributed by atoms with Gasteiger partial charge in [-0.3, -0.25) is 14.5 Å². The Kier molecular flexibility index (Phi) is 5.77. The fraction of sp³-hybridized carbons (Fsp3) is 0.259. The molecule has 1 aliphatic carbocycles. The Bertz CT molecular complexity index is 1530. The Labute approximate surface area is 212 Å². The topological polar surface area (TPSA) is 109 Å². The fourth-order valence-corrected chi connectivity index (χ4v) is 5.75. The molecule has 2 aromatic carbocycles. The van der Waals surface area contributed by atoms with Gasteiger partial charge in [-0.1, -0.05) is 25.0 Å². The molecule has 3 N–H and O–H groups in total. The second kappa shape index (κ2) is 9.23. The molecule has 3 aromatic heterocycles. The Balaban J connectivity index is 1.50. The SMILES string of the molecule is CCNC(=O)c1nnc(-c2cc3c(C4CCCC4)n[nH]c3cc2O)n1-c1ccc(-c2ccsc2)cc1. The zero-order valence-electron chi connectivity index (χ0n) is 19.9. The van der Waals surface area contributed by atoms with Crippen LogP contribution < -0.4 is 5.32 Å². The van der Waals surface area contributed by atoms with Crippen LogP contribution in [0.2, 0.25) is 0 Å². The average molecular weight is 499 g/mol. The highest BCUT2D eigenvalue weighted by atomic mass is 32.1. The minimum atomic E-state index is -0.325. The van der Waals surface area contributed by atoms with Gasteiger partial charge >= 0.3 is 0 Å². The Morgan fingerprint density at radius 2 is 1.94 bits per heavy atom. The number of thiophene rings is 1. The van der Waals surface area contributed by atoms with Crippen molar-refractivity contribution < 1.29 is 9.90 Å². The summed E-state index contributed by atoms with van der Waals surface area (Å²) in [6.07, 6.45) is 4.64. The van der Waals surface area contributed by atoms with Crippen LogP contribution in [0.15, 0.2) is 53.2 Å². The van der Waals surface area contributed by atoms with Crippen LogP contribution in [0, 0.1) is 0 Å². The number of H-pyrrole nitrogens is 1. The summed E-state index contributed by atoms with van der Waals surface area (Å²) in [6, 6.07) is 13.6. The quantitative estimate of drug-likeness (QED) is 0.280. The van der Waals surface area contributed by atoms with Gasteiger partial charge in [0.1, 0.15) is 5.75 Å². The maximum Gasteiger partial charge on any atom is 0.289 e. The number of rotatable bonds is 6. The van der Waals surface area contributed by atoms with Gasteiger partial charge in [0.05, 0.1) is 16.8 Å². The number of aromatic amines is 1. The van der Waals surface area contributed by atoms with Crippen molar-refractivity contribution in [1.29, 1.82) is 0 Å². The third kappa shape index (κ3) is 3.85. The van der Waals surface area contributed by atoms with Crippen molar-refractivity contribution in [2.45, 2.75) is 38.5 Å². The number of amides is 1. The summed E-state index contributed by atoms with van der Waals surface area (Å²) in [5.41, 5.74) is 5.28. The highest BCUT2D eigenvalue weighted by molar-refractivity contribution is 7.08. The van der Waals surface area contributed by atoms with E-state index in [0.29, 0.717) is 23.9 Å². The molecule has 0 atom stereocenters.